The largest absolute Gasteiger partial charge is 0.376 e. The molecule has 1 aliphatic rings. The lowest BCUT2D eigenvalue weighted by atomic mass is 10.1. The van der Waals surface area contributed by atoms with E-state index in [0.717, 1.165) is 30.4 Å². The van der Waals surface area contributed by atoms with E-state index >= 15 is 0 Å². The zero-order valence-corrected chi connectivity index (χ0v) is 17.3. The lowest BCUT2D eigenvalue weighted by molar-refractivity contribution is 0.0858. The van der Waals surface area contributed by atoms with E-state index in [0.29, 0.717) is 34.1 Å². The summed E-state index contributed by atoms with van der Waals surface area (Å²) < 4.78 is 5.55. The first-order chi connectivity index (χ1) is 14.5. The summed E-state index contributed by atoms with van der Waals surface area (Å²) in [6, 6.07) is 14.1. The topological polar surface area (TPSA) is 80.3 Å². The van der Waals surface area contributed by atoms with E-state index < -0.39 is 0 Å². The summed E-state index contributed by atoms with van der Waals surface area (Å²) in [4.78, 5) is 30.1. The highest BCUT2D eigenvalue weighted by atomic mass is 35.5. The number of fused-ring (bicyclic) bond motifs is 1. The third-order valence-electron chi connectivity index (χ3n) is 5.15. The van der Waals surface area contributed by atoms with Gasteiger partial charge in [-0.3, -0.25) is 14.6 Å². The lowest BCUT2D eigenvalue weighted by Crippen LogP contribution is -2.32. The van der Waals surface area contributed by atoms with Gasteiger partial charge in [0.1, 0.15) is 0 Å². The van der Waals surface area contributed by atoms with Crippen LogP contribution in [0.15, 0.2) is 48.5 Å². The predicted octanol–water partition coefficient (Wildman–Crippen LogP) is 4.36. The van der Waals surface area contributed by atoms with Crippen LogP contribution in [0.3, 0.4) is 0 Å². The fourth-order valence-electron chi connectivity index (χ4n) is 3.56. The SMILES string of the molecule is Cc1nc2ccc(Cl)cc2cc1C(=O)Nc1ccccc1C(=O)NC[C@@H]1CCCO1. The van der Waals surface area contributed by atoms with Crippen molar-refractivity contribution in [1.29, 1.82) is 0 Å². The Morgan fingerprint density at radius 3 is 2.77 bits per heavy atom. The molecule has 30 heavy (non-hydrogen) atoms. The maximum absolute atomic E-state index is 13.0. The molecule has 1 saturated heterocycles. The predicted molar refractivity (Wildman–Crippen MR) is 117 cm³/mol. The second-order valence-electron chi connectivity index (χ2n) is 7.30. The Morgan fingerprint density at radius 1 is 1.13 bits per heavy atom. The molecule has 1 aromatic heterocycles. The molecule has 1 fully saturated rings. The van der Waals surface area contributed by atoms with Crippen molar-refractivity contribution in [3.05, 3.63) is 70.4 Å². The van der Waals surface area contributed by atoms with Gasteiger partial charge in [-0.1, -0.05) is 23.7 Å². The summed E-state index contributed by atoms with van der Waals surface area (Å²) in [5.41, 5.74) is 2.64. The van der Waals surface area contributed by atoms with Crippen LogP contribution in [0.5, 0.6) is 0 Å². The van der Waals surface area contributed by atoms with Crippen molar-refractivity contribution in [2.24, 2.45) is 0 Å². The molecule has 2 heterocycles. The minimum absolute atomic E-state index is 0.0499. The average molecular weight is 424 g/mol. The summed E-state index contributed by atoms with van der Waals surface area (Å²) in [7, 11) is 0. The van der Waals surface area contributed by atoms with E-state index in [4.69, 9.17) is 16.3 Å². The number of para-hydroxylation sites is 1. The molecule has 2 aromatic carbocycles. The fourth-order valence-corrected chi connectivity index (χ4v) is 3.74. The van der Waals surface area contributed by atoms with Crippen LogP contribution >= 0.6 is 11.6 Å². The molecule has 0 bridgehead atoms. The molecule has 4 rings (SSSR count). The minimum Gasteiger partial charge on any atom is -0.376 e. The molecule has 1 aliphatic heterocycles. The quantitative estimate of drug-likeness (QED) is 0.639. The van der Waals surface area contributed by atoms with Gasteiger partial charge >= 0.3 is 0 Å². The number of rotatable bonds is 5. The van der Waals surface area contributed by atoms with Gasteiger partial charge in [0.2, 0.25) is 0 Å². The van der Waals surface area contributed by atoms with Gasteiger partial charge in [0.15, 0.2) is 0 Å². The van der Waals surface area contributed by atoms with Crippen LogP contribution in [-0.2, 0) is 4.74 Å². The summed E-state index contributed by atoms with van der Waals surface area (Å²) in [6.45, 7) is 2.97. The number of hydrogen-bond donors (Lipinski definition) is 2. The number of nitrogens with one attached hydrogen (secondary N) is 2. The van der Waals surface area contributed by atoms with Crippen molar-refractivity contribution in [3.63, 3.8) is 0 Å². The smallest absolute Gasteiger partial charge is 0.257 e. The van der Waals surface area contributed by atoms with Crippen LogP contribution in [0.4, 0.5) is 5.69 Å². The van der Waals surface area contributed by atoms with E-state index in [1.165, 1.54) is 0 Å². The van der Waals surface area contributed by atoms with Crippen molar-refractivity contribution >= 4 is 40.0 Å². The average Bonchev–Trinajstić information content (AvgIpc) is 3.26. The highest BCUT2D eigenvalue weighted by molar-refractivity contribution is 6.31. The summed E-state index contributed by atoms with van der Waals surface area (Å²) in [5, 5.41) is 7.10. The normalized spacial score (nSPS) is 15.9. The van der Waals surface area contributed by atoms with Gasteiger partial charge in [0, 0.05) is 23.6 Å². The molecule has 7 heteroatoms. The first-order valence-corrected chi connectivity index (χ1v) is 10.3. The van der Waals surface area contributed by atoms with Gasteiger partial charge in [0.25, 0.3) is 11.8 Å². The number of nitrogens with zero attached hydrogens (tertiary/aromatic N) is 1. The maximum Gasteiger partial charge on any atom is 0.257 e. The van der Waals surface area contributed by atoms with E-state index in [2.05, 4.69) is 15.6 Å². The number of benzene rings is 2. The number of hydrogen-bond acceptors (Lipinski definition) is 4. The molecule has 0 unspecified atom stereocenters. The monoisotopic (exact) mass is 423 g/mol. The van der Waals surface area contributed by atoms with Crippen LogP contribution < -0.4 is 10.6 Å². The zero-order chi connectivity index (χ0) is 21.1. The molecular formula is C23H22ClN3O3. The number of ether oxygens (including phenoxy) is 1. The van der Waals surface area contributed by atoms with Crippen molar-refractivity contribution in [1.82, 2.24) is 10.3 Å². The molecule has 6 nitrogen and oxygen atoms in total. The van der Waals surface area contributed by atoms with E-state index in [1.54, 1.807) is 49.4 Å². The summed E-state index contributed by atoms with van der Waals surface area (Å²) in [5.74, 6) is -0.581. The number of amides is 2. The van der Waals surface area contributed by atoms with Crippen molar-refractivity contribution in [2.45, 2.75) is 25.9 Å². The number of pyridine rings is 1. The van der Waals surface area contributed by atoms with Crippen molar-refractivity contribution in [3.8, 4) is 0 Å². The second-order valence-corrected chi connectivity index (χ2v) is 7.74. The zero-order valence-electron chi connectivity index (χ0n) is 16.6. The van der Waals surface area contributed by atoms with E-state index in [9.17, 15) is 9.59 Å². The third kappa shape index (κ3) is 4.45. The lowest BCUT2D eigenvalue weighted by Gasteiger charge is -2.14. The van der Waals surface area contributed by atoms with Gasteiger partial charge in [0.05, 0.1) is 34.1 Å². The number of aromatic nitrogens is 1. The molecule has 2 amide bonds. The van der Waals surface area contributed by atoms with Crippen LogP contribution in [0, 0.1) is 6.92 Å². The molecule has 0 saturated carbocycles. The molecular weight excluding hydrogens is 402 g/mol. The Bertz CT molecular complexity index is 1110. The van der Waals surface area contributed by atoms with Crippen molar-refractivity contribution in [2.75, 3.05) is 18.5 Å². The molecule has 3 aromatic rings. The number of aryl methyl sites for hydroxylation is 1. The Kier molecular flexibility index (Phi) is 5.97. The Labute approximate surface area is 179 Å². The molecule has 2 N–H and O–H groups in total. The van der Waals surface area contributed by atoms with Gasteiger partial charge in [-0.05, 0) is 56.2 Å². The van der Waals surface area contributed by atoms with Crippen LogP contribution in [0.25, 0.3) is 10.9 Å². The first-order valence-electron chi connectivity index (χ1n) is 9.88. The molecule has 0 radical (unpaired) electrons. The summed E-state index contributed by atoms with van der Waals surface area (Å²) >= 11 is 6.07. The number of halogens is 1. The van der Waals surface area contributed by atoms with Gasteiger partial charge in [-0.2, -0.15) is 0 Å². The highest BCUT2D eigenvalue weighted by Crippen LogP contribution is 2.22. The number of carbonyl (C=O) groups excluding carboxylic acids is 2. The Balaban J connectivity index is 1.54. The van der Waals surface area contributed by atoms with E-state index in [-0.39, 0.29) is 17.9 Å². The van der Waals surface area contributed by atoms with Crippen LogP contribution in [0.2, 0.25) is 5.02 Å². The Hall–Kier alpha value is -2.96. The summed E-state index contributed by atoms with van der Waals surface area (Å²) in [6.07, 6.45) is 2.00. The van der Waals surface area contributed by atoms with Gasteiger partial charge < -0.3 is 15.4 Å². The first kappa shape index (κ1) is 20.3. The van der Waals surface area contributed by atoms with E-state index in [1.807, 2.05) is 6.07 Å². The van der Waals surface area contributed by atoms with Gasteiger partial charge in [-0.15, -0.1) is 0 Å². The maximum atomic E-state index is 13.0. The molecule has 154 valence electrons. The second kappa shape index (κ2) is 8.81. The minimum atomic E-state index is -0.332. The fraction of sp³-hybridized carbons (Fsp3) is 0.261. The standard InChI is InChI=1S/C23H22ClN3O3/c1-14-19(12-15-11-16(24)8-9-20(15)26-14)23(29)27-21-7-3-2-6-18(21)22(28)25-13-17-5-4-10-30-17/h2-3,6-9,11-12,17H,4-5,10,13H2,1H3,(H,25,28)(H,27,29)/t17-/m0/s1. The van der Waals surface area contributed by atoms with Crippen LogP contribution in [-0.4, -0.2) is 36.1 Å². The Morgan fingerprint density at radius 2 is 1.97 bits per heavy atom. The number of anilines is 1. The molecule has 1 atom stereocenters. The molecule has 0 spiro atoms. The number of carbonyl (C=O) groups is 2. The van der Waals surface area contributed by atoms with Crippen LogP contribution in [0.1, 0.15) is 39.3 Å². The highest BCUT2D eigenvalue weighted by Gasteiger charge is 2.19. The third-order valence-corrected chi connectivity index (χ3v) is 5.38. The van der Waals surface area contributed by atoms with Crippen molar-refractivity contribution < 1.29 is 14.3 Å². The van der Waals surface area contributed by atoms with Gasteiger partial charge in [-0.25, -0.2) is 0 Å². The molecule has 0 aliphatic carbocycles.